The van der Waals surface area contributed by atoms with Crippen molar-refractivity contribution in [3.8, 4) is 0 Å². The van der Waals surface area contributed by atoms with Gasteiger partial charge in [-0.3, -0.25) is 4.79 Å². The van der Waals surface area contributed by atoms with Crippen LogP contribution >= 0.6 is 11.6 Å². The van der Waals surface area contributed by atoms with Crippen LogP contribution in [0.25, 0.3) is 0 Å². The predicted octanol–water partition coefficient (Wildman–Crippen LogP) is 3.14. The van der Waals surface area contributed by atoms with Crippen molar-refractivity contribution >= 4 is 23.1 Å². The van der Waals surface area contributed by atoms with Crippen molar-refractivity contribution in [1.29, 1.82) is 0 Å². The molecule has 3 nitrogen and oxygen atoms in total. The van der Waals surface area contributed by atoms with E-state index in [2.05, 4.69) is 4.90 Å². The number of Topliss-reactive ketones (excluding diaryl/α,β-unsaturated/α-hetero) is 1. The molecule has 0 radical (unpaired) electrons. The second kappa shape index (κ2) is 6.40. The van der Waals surface area contributed by atoms with E-state index in [0.29, 0.717) is 16.5 Å². The van der Waals surface area contributed by atoms with E-state index in [4.69, 9.17) is 16.7 Å². The Kier molecular flexibility index (Phi) is 4.83. The lowest BCUT2D eigenvalue weighted by molar-refractivity contribution is 0.101. The number of halogens is 1. The Morgan fingerprint density at radius 3 is 2.95 bits per heavy atom. The summed E-state index contributed by atoms with van der Waals surface area (Å²) < 4.78 is 0. The summed E-state index contributed by atoms with van der Waals surface area (Å²) in [6.07, 6.45) is 3.17. The number of benzene rings is 1. The molecule has 104 valence electrons. The van der Waals surface area contributed by atoms with Gasteiger partial charge in [0.15, 0.2) is 5.78 Å². The van der Waals surface area contributed by atoms with Gasteiger partial charge in [0, 0.05) is 30.9 Å². The summed E-state index contributed by atoms with van der Waals surface area (Å²) in [5, 5.41) is 9.56. The first-order chi connectivity index (χ1) is 9.11. The summed E-state index contributed by atoms with van der Waals surface area (Å²) in [6, 6.07) is 5.64. The monoisotopic (exact) mass is 281 g/mol. The molecular formula is C15H20ClNO2. The van der Waals surface area contributed by atoms with Crippen LogP contribution in [0, 0.1) is 5.92 Å². The molecule has 0 aromatic heterocycles. The predicted molar refractivity (Wildman–Crippen MR) is 78.1 cm³/mol. The van der Waals surface area contributed by atoms with E-state index in [1.807, 2.05) is 12.1 Å². The number of rotatable bonds is 4. The lowest BCUT2D eigenvalue weighted by Gasteiger charge is -2.34. The molecule has 1 N–H and O–H groups in total. The number of piperidine rings is 1. The molecule has 1 saturated heterocycles. The van der Waals surface area contributed by atoms with Crippen LogP contribution in [0.2, 0.25) is 5.02 Å². The maximum absolute atomic E-state index is 11.4. The fourth-order valence-electron chi connectivity index (χ4n) is 2.70. The van der Waals surface area contributed by atoms with E-state index < -0.39 is 0 Å². The van der Waals surface area contributed by atoms with Crippen LogP contribution < -0.4 is 4.90 Å². The Bertz CT molecular complexity index is 459. The molecule has 1 aromatic rings. The number of ketones is 1. The minimum Gasteiger partial charge on any atom is -0.396 e. The van der Waals surface area contributed by atoms with Gasteiger partial charge in [-0.05, 0) is 50.3 Å². The zero-order chi connectivity index (χ0) is 13.8. The standard InChI is InChI=1S/C15H20ClNO2/c1-11(19)14-5-4-13(9-15(14)16)17-7-2-3-12(10-17)6-8-18/h4-5,9,12,18H,2-3,6-8,10H2,1H3. The van der Waals surface area contributed by atoms with Crippen molar-refractivity contribution < 1.29 is 9.90 Å². The quantitative estimate of drug-likeness (QED) is 0.862. The minimum absolute atomic E-state index is 0.00616. The number of hydrogen-bond acceptors (Lipinski definition) is 3. The Hall–Kier alpha value is -1.06. The fraction of sp³-hybridized carbons (Fsp3) is 0.533. The number of carbonyl (C=O) groups is 1. The number of hydrogen-bond donors (Lipinski definition) is 1. The van der Waals surface area contributed by atoms with Crippen molar-refractivity contribution in [2.45, 2.75) is 26.2 Å². The van der Waals surface area contributed by atoms with Gasteiger partial charge in [-0.25, -0.2) is 0 Å². The smallest absolute Gasteiger partial charge is 0.161 e. The highest BCUT2D eigenvalue weighted by Crippen LogP contribution is 2.28. The molecule has 1 unspecified atom stereocenters. The van der Waals surface area contributed by atoms with Gasteiger partial charge >= 0.3 is 0 Å². The molecule has 19 heavy (non-hydrogen) atoms. The van der Waals surface area contributed by atoms with E-state index in [1.165, 1.54) is 13.3 Å². The number of anilines is 1. The third-order valence-electron chi connectivity index (χ3n) is 3.75. The van der Waals surface area contributed by atoms with Gasteiger partial charge in [0.25, 0.3) is 0 Å². The molecule has 1 aliphatic heterocycles. The van der Waals surface area contributed by atoms with E-state index in [-0.39, 0.29) is 12.4 Å². The normalized spacial score (nSPS) is 19.5. The van der Waals surface area contributed by atoms with Gasteiger partial charge in [-0.1, -0.05) is 11.6 Å². The maximum Gasteiger partial charge on any atom is 0.161 e. The number of aliphatic hydroxyl groups excluding tert-OH is 1. The molecule has 1 aliphatic rings. The van der Waals surface area contributed by atoms with Crippen molar-refractivity contribution in [1.82, 2.24) is 0 Å². The van der Waals surface area contributed by atoms with Crippen LogP contribution in [0.15, 0.2) is 18.2 Å². The highest BCUT2D eigenvalue weighted by molar-refractivity contribution is 6.34. The highest BCUT2D eigenvalue weighted by atomic mass is 35.5. The van der Waals surface area contributed by atoms with Crippen LogP contribution in [0.1, 0.15) is 36.5 Å². The molecule has 0 spiro atoms. The minimum atomic E-state index is -0.00616. The summed E-state index contributed by atoms with van der Waals surface area (Å²) >= 11 is 6.15. The Morgan fingerprint density at radius 1 is 1.53 bits per heavy atom. The summed E-state index contributed by atoms with van der Waals surface area (Å²) in [4.78, 5) is 13.7. The molecule has 0 saturated carbocycles. The van der Waals surface area contributed by atoms with Gasteiger partial charge in [-0.15, -0.1) is 0 Å². The molecule has 1 aromatic carbocycles. The first-order valence-corrected chi connectivity index (χ1v) is 7.16. The van der Waals surface area contributed by atoms with Crippen molar-refractivity contribution in [3.05, 3.63) is 28.8 Å². The van der Waals surface area contributed by atoms with E-state index in [0.717, 1.165) is 31.6 Å². The second-order valence-corrected chi connectivity index (χ2v) is 5.59. The van der Waals surface area contributed by atoms with Gasteiger partial charge in [-0.2, -0.15) is 0 Å². The maximum atomic E-state index is 11.4. The lowest BCUT2D eigenvalue weighted by Crippen LogP contribution is -2.35. The zero-order valence-electron chi connectivity index (χ0n) is 11.2. The van der Waals surface area contributed by atoms with Crippen molar-refractivity contribution in [2.75, 3.05) is 24.6 Å². The summed E-state index contributed by atoms with van der Waals surface area (Å²) in [6.45, 7) is 3.75. The molecule has 1 fully saturated rings. The van der Waals surface area contributed by atoms with Crippen LogP contribution in [0.3, 0.4) is 0 Å². The SMILES string of the molecule is CC(=O)c1ccc(N2CCCC(CCO)C2)cc1Cl. The van der Waals surface area contributed by atoms with E-state index >= 15 is 0 Å². The topological polar surface area (TPSA) is 40.5 Å². The lowest BCUT2D eigenvalue weighted by atomic mass is 9.94. The van der Waals surface area contributed by atoms with Gasteiger partial charge in [0.2, 0.25) is 0 Å². The molecule has 0 bridgehead atoms. The van der Waals surface area contributed by atoms with Crippen molar-refractivity contribution in [3.63, 3.8) is 0 Å². The Balaban J connectivity index is 2.13. The van der Waals surface area contributed by atoms with Crippen LogP contribution in [-0.4, -0.2) is 30.6 Å². The zero-order valence-corrected chi connectivity index (χ0v) is 12.0. The van der Waals surface area contributed by atoms with Gasteiger partial charge in [0.05, 0.1) is 5.02 Å². The first-order valence-electron chi connectivity index (χ1n) is 6.78. The number of nitrogens with zero attached hydrogens (tertiary/aromatic N) is 1. The molecule has 0 amide bonds. The molecule has 1 heterocycles. The Morgan fingerprint density at radius 2 is 2.32 bits per heavy atom. The Labute approximate surface area is 119 Å². The molecular weight excluding hydrogens is 262 g/mol. The third-order valence-corrected chi connectivity index (χ3v) is 4.07. The van der Waals surface area contributed by atoms with E-state index in [1.54, 1.807) is 6.07 Å². The van der Waals surface area contributed by atoms with Crippen LogP contribution in [-0.2, 0) is 0 Å². The van der Waals surface area contributed by atoms with Crippen LogP contribution in [0.4, 0.5) is 5.69 Å². The second-order valence-electron chi connectivity index (χ2n) is 5.19. The van der Waals surface area contributed by atoms with Crippen LogP contribution in [0.5, 0.6) is 0 Å². The average molecular weight is 282 g/mol. The van der Waals surface area contributed by atoms with Crippen molar-refractivity contribution in [2.24, 2.45) is 5.92 Å². The third kappa shape index (κ3) is 3.48. The van der Waals surface area contributed by atoms with E-state index in [9.17, 15) is 4.79 Å². The molecule has 1 atom stereocenters. The van der Waals surface area contributed by atoms with Gasteiger partial charge < -0.3 is 10.0 Å². The number of aliphatic hydroxyl groups is 1. The highest BCUT2D eigenvalue weighted by Gasteiger charge is 2.20. The summed E-state index contributed by atoms with van der Waals surface area (Å²) in [5.74, 6) is 0.540. The molecule has 2 rings (SSSR count). The summed E-state index contributed by atoms with van der Waals surface area (Å²) in [7, 11) is 0. The van der Waals surface area contributed by atoms with Gasteiger partial charge in [0.1, 0.15) is 0 Å². The largest absolute Gasteiger partial charge is 0.396 e. The first kappa shape index (κ1) is 14.4. The molecule has 4 heteroatoms. The summed E-state index contributed by atoms with van der Waals surface area (Å²) in [5.41, 5.74) is 1.65. The fourth-order valence-corrected chi connectivity index (χ4v) is 3.01. The average Bonchev–Trinajstić information content (AvgIpc) is 2.39. The molecule has 0 aliphatic carbocycles. The number of carbonyl (C=O) groups excluding carboxylic acids is 1.